The molecule has 0 aliphatic carbocycles. The Labute approximate surface area is 199 Å². The number of aryl methyl sites for hydroxylation is 2. The Morgan fingerprint density at radius 1 is 1.27 bits per heavy atom. The molecule has 8 nitrogen and oxygen atoms in total. The van der Waals surface area contributed by atoms with E-state index in [9.17, 15) is 4.79 Å². The summed E-state index contributed by atoms with van der Waals surface area (Å²) in [6.45, 7) is 7.24. The van der Waals surface area contributed by atoms with Crippen molar-refractivity contribution in [3.8, 4) is 16.5 Å². The van der Waals surface area contributed by atoms with Crippen LogP contribution in [0.15, 0.2) is 39.3 Å². The molecule has 1 fully saturated rings. The van der Waals surface area contributed by atoms with Gasteiger partial charge in [0.2, 0.25) is 0 Å². The third kappa shape index (κ3) is 4.42. The second kappa shape index (κ2) is 9.28. The van der Waals surface area contributed by atoms with Gasteiger partial charge in [-0.3, -0.25) is 13.9 Å². The van der Waals surface area contributed by atoms with E-state index >= 15 is 0 Å². The summed E-state index contributed by atoms with van der Waals surface area (Å²) in [6.07, 6.45) is 2.25. The van der Waals surface area contributed by atoms with E-state index in [2.05, 4.69) is 19.9 Å². The summed E-state index contributed by atoms with van der Waals surface area (Å²) in [5, 5.41) is 15.7. The number of thioether (sulfide) groups is 1. The average molecular weight is 484 g/mol. The van der Waals surface area contributed by atoms with Crippen molar-refractivity contribution in [3.05, 3.63) is 52.4 Å². The Bertz CT molecular complexity index is 1270. The highest BCUT2D eigenvalue weighted by molar-refractivity contribution is 7.99. The first kappa shape index (κ1) is 22.1. The van der Waals surface area contributed by atoms with Gasteiger partial charge in [-0.15, -0.1) is 21.5 Å². The van der Waals surface area contributed by atoms with Gasteiger partial charge in [0.15, 0.2) is 22.6 Å². The van der Waals surface area contributed by atoms with Crippen molar-refractivity contribution in [2.24, 2.45) is 0 Å². The van der Waals surface area contributed by atoms with E-state index in [4.69, 9.17) is 9.26 Å². The molecule has 0 bridgehead atoms. The zero-order chi connectivity index (χ0) is 22.9. The molecule has 1 atom stereocenters. The van der Waals surface area contributed by atoms with E-state index in [0.717, 1.165) is 52.5 Å². The molecule has 4 aromatic heterocycles. The molecule has 0 amide bonds. The van der Waals surface area contributed by atoms with Crippen LogP contribution in [-0.4, -0.2) is 48.7 Å². The fourth-order valence-electron chi connectivity index (χ4n) is 4.20. The molecule has 0 radical (unpaired) electrons. The van der Waals surface area contributed by atoms with Crippen LogP contribution >= 0.6 is 23.1 Å². The zero-order valence-corrected chi connectivity index (χ0v) is 20.4. The number of carbonyl (C=O) groups is 1. The first-order valence-electron chi connectivity index (χ1n) is 10.9. The molecule has 0 N–H and O–H groups in total. The molecule has 172 valence electrons. The fourth-order valence-corrected chi connectivity index (χ4v) is 5.75. The Kier molecular flexibility index (Phi) is 6.22. The molecule has 33 heavy (non-hydrogen) atoms. The van der Waals surface area contributed by atoms with Gasteiger partial charge in [-0.1, -0.05) is 23.0 Å². The molecular weight excluding hydrogens is 458 g/mol. The van der Waals surface area contributed by atoms with Crippen molar-refractivity contribution in [2.45, 2.75) is 51.4 Å². The number of aromatic nitrogens is 5. The monoisotopic (exact) mass is 483 g/mol. The topological polar surface area (TPSA) is 88.0 Å². The summed E-state index contributed by atoms with van der Waals surface area (Å²) in [5.74, 6) is 2.56. The van der Waals surface area contributed by atoms with Gasteiger partial charge in [0.1, 0.15) is 5.76 Å². The quantitative estimate of drug-likeness (QED) is 0.261. The molecule has 5 rings (SSSR count). The Hall–Kier alpha value is -2.69. The molecule has 0 saturated carbocycles. The standard InChI is InChI=1S/C23H25N5O3S2/c1-14-10-18(16(3)28(14)21-11-15(2)31-26-21)19(29)13-33-23-25-24-22(20-7-5-9-32-20)27(23)12-17-6-4-8-30-17/h5,7,9-11,17H,4,6,8,12-13H2,1-3H3. The Balaban J connectivity index is 1.37. The van der Waals surface area contributed by atoms with Gasteiger partial charge >= 0.3 is 0 Å². The van der Waals surface area contributed by atoms with Crippen molar-refractivity contribution in [1.82, 2.24) is 24.5 Å². The van der Waals surface area contributed by atoms with Crippen LogP contribution in [0, 0.1) is 20.8 Å². The van der Waals surface area contributed by atoms with E-state index in [0.29, 0.717) is 17.9 Å². The number of rotatable bonds is 8. The van der Waals surface area contributed by atoms with Crippen molar-refractivity contribution >= 4 is 28.9 Å². The molecule has 10 heteroatoms. The molecule has 1 aliphatic heterocycles. The zero-order valence-electron chi connectivity index (χ0n) is 18.8. The molecule has 0 aromatic carbocycles. The van der Waals surface area contributed by atoms with Gasteiger partial charge in [-0.25, -0.2) is 0 Å². The van der Waals surface area contributed by atoms with E-state index in [-0.39, 0.29) is 17.6 Å². The number of carbonyl (C=O) groups excluding carboxylic acids is 1. The summed E-state index contributed by atoms with van der Waals surface area (Å²) in [6, 6.07) is 7.83. The fraction of sp³-hybridized carbons (Fsp3) is 0.391. The Morgan fingerprint density at radius 2 is 2.15 bits per heavy atom. The van der Waals surface area contributed by atoms with Crippen LogP contribution in [0.2, 0.25) is 0 Å². The van der Waals surface area contributed by atoms with Crippen LogP contribution in [0.3, 0.4) is 0 Å². The van der Waals surface area contributed by atoms with Gasteiger partial charge in [0.05, 0.1) is 23.3 Å². The van der Waals surface area contributed by atoms with E-state index in [1.54, 1.807) is 11.3 Å². The van der Waals surface area contributed by atoms with Crippen molar-refractivity contribution in [3.63, 3.8) is 0 Å². The second-order valence-electron chi connectivity index (χ2n) is 8.16. The molecule has 0 spiro atoms. The van der Waals surface area contributed by atoms with Crippen LogP contribution in [0.5, 0.6) is 0 Å². The minimum absolute atomic E-state index is 0.0453. The number of hydrogen-bond donors (Lipinski definition) is 0. The molecule has 5 heterocycles. The summed E-state index contributed by atoms with van der Waals surface area (Å²) < 4.78 is 15.1. The molecular formula is C23H25N5O3S2. The van der Waals surface area contributed by atoms with Crippen molar-refractivity contribution < 1.29 is 14.1 Å². The average Bonchev–Trinajstić information content (AvgIpc) is 3.59. The van der Waals surface area contributed by atoms with Crippen LogP contribution in [0.4, 0.5) is 0 Å². The van der Waals surface area contributed by atoms with Gasteiger partial charge in [0.25, 0.3) is 0 Å². The van der Waals surface area contributed by atoms with E-state index in [1.165, 1.54) is 11.8 Å². The number of ketones is 1. The lowest BCUT2D eigenvalue weighted by Crippen LogP contribution is -2.17. The molecule has 1 aliphatic rings. The second-order valence-corrected chi connectivity index (χ2v) is 10.0. The molecule has 1 saturated heterocycles. The van der Waals surface area contributed by atoms with Gasteiger partial charge in [-0.2, -0.15) is 0 Å². The third-order valence-corrected chi connectivity index (χ3v) is 7.61. The number of hydrogen-bond acceptors (Lipinski definition) is 8. The maximum Gasteiger partial charge on any atom is 0.192 e. The minimum Gasteiger partial charge on any atom is -0.376 e. The van der Waals surface area contributed by atoms with E-state index < -0.39 is 0 Å². The molecule has 1 unspecified atom stereocenters. The predicted octanol–water partition coefficient (Wildman–Crippen LogP) is 4.86. The maximum atomic E-state index is 13.2. The minimum atomic E-state index is 0.0453. The lowest BCUT2D eigenvalue weighted by molar-refractivity contribution is 0.0953. The lowest BCUT2D eigenvalue weighted by atomic mass is 10.2. The smallest absolute Gasteiger partial charge is 0.192 e. The lowest BCUT2D eigenvalue weighted by Gasteiger charge is -2.14. The summed E-state index contributed by atoms with van der Waals surface area (Å²) >= 11 is 3.05. The van der Waals surface area contributed by atoms with Gasteiger partial charge < -0.3 is 9.26 Å². The highest BCUT2D eigenvalue weighted by Crippen LogP contribution is 2.30. The van der Waals surface area contributed by atoms with Gasteiger partial charge in [0, 0.05) is 29.6 Å². The van der Waals surface area contributed by atoms with Crippen LogP contribution in [-0.2, 0) is 11.3 Å². The summed E-state index contributed by atoms with van der Waals surface area (Å²) in [5.41, 5.74) is 2.48. The molecule has 4 aromatic rings. The highest BCUT2D eigenvalue weighted by Gasteiger charge is 2.24. The number of Topliss-reactive ketones (excluding diaryl/α,β-unsaturated/α-hetero) is 1. The SMILES string of the molecule is Cc1cc(-n2c(C)cc(C(=O)CSc3nnc(-c4cccs4)n3CC3CCCO3)c2C)no1. The first-order valence-corrected chi connectivity index (χ1v) is 12.7. The van der Waals surface area contributed by atoms with Gasteiger partial charge in [-0.05, 0) is 51.1 Å². The summed E-state index contributed by atoms with van der Waals surface area (Å²) in [4.78, 5) is 14.2. The normalized spacial score (nSPS) is 16.0. The largest absolute Gasteiger partial charge is 0.376 e. The highest BCUT2D eigenvalue weighted by atomic mass is 32.2. The van der Waals surface area contributed by atoms with Crippen LogP contribution in [0.25, 0.3) is 16.5 Å². The Morgan fingerprint density at radius 3 is 2.85 bits per heavy atom. The van der Waals surface area contributed by atoms with Crippen LogP contribution in [0.1, 0.15) is 40.3 Å². The third-order valence-electron chi connectivity index (χ3n) is 5.78. The maximum absolute atomic E-state index is 13.2. The van der Waals surface area contributed by atoms with E-state index in [1.807, 2.05) is 55.0 Å². The number of ether oxygens (including phenoxy) is 1. The predicted molar refractivity (Wildman–Crippen MR) is 127 cm³/mol. The number of nitrogens with zero attached hydrogens (tertiary/aromatic N) is 5. The van der Waals surface area contributed by atoms with Crippen LogP contribution < -0.4 is 0 Å². The first-order chi connectivity index (χ1) is 16.0. The number of thiophene rings is 1. The van der Waals surface area contributed by atoms with Crippen molar-refractivity contribution in [2.75, 3.05) is 12.4 Å². The van der Waals surface area contributed by atoms with Crippen molar-refractivity contribution in [1.29, 1.82) is 0 Å². The summed E-state index contributed by atoms with van der Waals surface area (Å²) in [7, 11) is 0.